The van der Waals surface area contributed by atoms with E-state index in [1.807, 2.05) is 26.8 Å². The van der Waals surface area contributed by atoms with Gasteiger partial charge in [-0.15, -0.1) is 0 Å². The molecule has 1 aromatic carbocycles. The molecule has 1 atom stereocenters. The minimum absolute atomic E-state index is 0.0730. The molecule has 0 aliphatic carbocycles. The predicted octanol–water partition coefficient (Wildman–Crippen LogP) is 3.07. The summed E-state index contributed by atoms with van der Waals surface area (Å²) in [4.78, 5) is 39.4. The number of hydrogen-bond acceptors (Lipinski definition) is 7. The van der Waals surface area contributed by atoms with Crippen LogP contribution in [-0.4, -0.2) is 37.5 Å². The van der Waals surface area contributed by atoms with E-state index in [1.54, 1.807) is 4.52 Å². The second-order valence-corrected chi connectivity index (χ2v) is 7.25. The summed E-state index contributed by atoms with van der Waals surface area (Å²) in [6.07, 6.45) is -0.579. The number of amides is 1. The van der Waals surface area contributed by atoms with Crippen LogP contribution in [0.5, 0.6) is 0 Å². The van der Waals surface area contributed by atoms with Gasteiger partial charge in [-0.05, 0) is 45.7 Å². The van der Waals surface area contributed by atoms with Gasteiger partial charge in [-0.25, -0.2) is 9.50 Å². The van der Waals surface area contributed by atoms with Crippen LogP contribution in [0.4, 0.5) is 11.4 Å². The van der Waals surface area contributed by atoms with Crippen molar-refractivity contribution in [3.05, 3.63) is 63.1 Å². The Morgan fingerprint density at radius 2 is 2.00 bits per heavy atom. The molecule has 0 saturated heterocycles. The number of nitrogens with zero attached hydrogens (tertiary/aromatic N) is 4. The van der Waals surface area contributed by atoms with Crippen LogP contribution in [0, 0.1) is 30.9 Å². The summed E-state index contributed by atoms with van der Waals surface area (Å²) in [5, 5.41) is 17.8. The normalized spacial score (nSPS) is 11.9. The Bertz CT molecular complexity index is 1170. The van der Waals surface area contributed by atoms with Gasteiger partial charge in [-0.2, -0.15) is 5.10 Å². The molecule has 10 heteroatoms. The Balaban J connectivity index is 1.59. The number of ether oxygens (including phenoxy) is 1. The molecule has 1 unspecified atom stereocenters. The maximum Gasteiger partial charge on any atom is 0.306 e. The molecule has 0 aliphatic heterocycles. The summed E-state index contributed by atoms with van der Waals surface area (Å²) >= 11 is 0. The smallest absolute Gasteiger partial charge is 0.306 e. The van der Waals surface area contributed by atoms with E-state index in [2.05, 4.69) is 15.4 Å². The number of aromatic nitrogens is 3. The number of anilines is 1. The maximum atomic E-state index is 12.3. The number of non-ortho nitro benzene ring substituents is 1. The van der Waals surface area contributed by atoms with E-state index < -0.39 is 22.9 Å². The Morgan fingerprint density at radius 1 is 1.26 bits per heavy atom. The Kier molecular flexibility index (Phi) is 6.28. The standard InChI is InChI=1S/C21H23N5O5/c1-12-10-19-22-13(2)18(14(3)25(19)24-12)8-9-20(27)31-15(4)21(28)23-16-6-5-7-17(11-16)26(29)30/h5-7,10-11,15H,8-9H2,1-4H3,(H,23,28). The van der Waals surface area contributed by atoms with Gasteiger partial charge in [0, 0.05) is 41.7 Å². The van der Waals surface area contributed by atoms with Crippen LogP contribution in [-0.2, 0) is 20.7 Å². The number of benzene rings is 1. The summed E-state index contributed by atoms with van der Waals surface area (Å²) in [6.45, 7) is 7.14. The quantitative estimate of drug-likeness (QED) is 0.350. The fraction of sp³-hybridized carbons (Fsp3) is 0.333. The highest BCUT2D eigenvalue weighted by atomic mass is 16.6. The van der Waals surface area contributed by atoms with Crippen LogP contribution in [0.25, 0.3) is 5.65 Å². The average Bonchev–Trinajstić information content (AvgIpc) is 3.08. The molecule has 3 aromatic rings. The number of carbonyl (C=O) groups excluding carboxylic acids is 2. The first kappa shape index (κ1) is 21.9. The van der Waals surface area contributed by atoms with Crippen molar-refractivity contribution >= 4 is 28.9 Å². The number of carbonyl (C=O) groups is 2. The molecule has 0 aliphatic rings. The van der Waals surface area contributed by atoms with E-state index in [1.165, 1.54) is 31.2 Å². The molecule has 0 radical (unpaired) electrons. The summed E-state index contributed by atoms with van der Waals surface area (Å²) in [6, 6.07) is 7.42. The second kappa shape index (κ2) is 8.90. The fourth-order valence-corrected chi connectivity index (χ4v) is 3.28. The van der Waals surface area contributed by atoms with Crippen molar-refractivity contribution in [2.75, 3.05) is 5.32 Å². The highest BCUT2D eigenvalue weighted by Crippen LogP contribution is 2.19. The summed E-state index contributed by atoms with van der Waals surface area (Å²) in [5.74, 6) is -1.10. The number of nitro benzene ring substituents is 1. The van der Waals surface area contributed by atoms with Crippen molar-refractivity contribution in [2.45, 2.75) is 46.6 Å². The minimum Gasteiger partial charge on any atom is -0.453 e. The lowest BCUT2D eigenvalue weighted by molar-refractivity contribution is -0.384. The van der Waals surface area contributed by atoms with E-state index >= 15 is 0 Å². The van der Waals surface area contributed by atoms with Gasteiger partial charge in [-0.3, -0.25) is 19.7 Å². The first-order chi connectivity index (χ1) is 14.7. The van der Waals surface area contributed by atoms with E-state index in [9.17, 15) is 19.7 Å². The number of hydrogen-bond donors (Lipinski definition) is 1. The minimum atomic E-state index is -1.05. The molecule has 2 heterocycles. The highest BCUT2D eigenvalue weighted by molar-refractivity contribution is 5.95. The van der Waals surface area contributed by atoms with Crippen molar-refractivity contribution in [1.29, 1.82) is 0 Å². The van der Waals surface area contributed by atoms with Crippen molar-refractivity contribution in [3.8, 4) is 0 Å². The van der Waals surface area contributed by atoms with Crippen LogP contribution in [0.3, 0.4) is 0 Å². The van der Waals surface area contributed by atoms with Crippen LogP contribution >= 0.6 is 0 Å². The lowest BCUT2D eigenvalue weighted by Gasteiger charge is -2.14. The molecule has 10 nitrogen and oxygen atoms in total. The topological polar surface area (TPSA) is 129 Å². The van der Waals surface area contributed by atoms with Gasteiger partial charge in [0.25, 0.3) is 11.6 Å². The highest BCUT2D eigenvalue weighted by Gasteiger charge is 2.20. The maximum absolute atomic E-state index is 12.3. The zero-order valence-electron chi connectivity index (χ0n) is 17.7. The van der Waals surface area contributed by atoms with Crippen molar-refractivity contribution in [2.24, 2.45) is 0 Å². The Morgan fingerprint density at radius 3 is 2.71 bits per heavy atom. The summed E-state index contributed by atoms with van der Waals surface area (Å²) in [5.41, 5.74) is 4.34. The number of rotatable bonds is 7. The van der Waals surface area contributed by atoms with E-state index in [0.717, 1.165) is 28.3 Å². The van der Waals surface area contributed by atoms with Gasteiger partial charge in [0.05, 0.1) is 10.6 Å². The van der Waals surface area contributed by atoms with Crippen LogP contribution < -0.4 is 5.32 Å². The van der Waals surface area contributed by atoms with Gasteiger partial charge in [0.15, 0.2) is 11.8 Å². The molecule has 0 bridgehead atoms. The Labute approximate surface area is 178 Å². The van der Waals surface area contributed by atoms with Gasteiger partial charge < -0.3 is 10.1 Å². The molecular formula is C21H23N5O5. The third-order valence-electron chi connectivity index (χ3n) is 4.87. The van der Waals surface area contributed by atoms with Gasteiger partial charge in [0.1, 0.15) is 0 Å². The zero-order chi connectivity index (χ0) is 22.7. The van der Waals surface area contributed by atoms with Crippen molar-refractivity contribution in [1.82, 2.24) is 14.6 Å². The third-order valence-corrected chi connectivity index (χ3v) is 4.87. The first-order valence-corrected chi connectivity index (χ1v) is 9.73. The molecule has 2 aromatic heterocycles. The average molecular weight is 425 g/mol. The largest absolute Gasteiger partial charge is 0.453 e. The molecule has 3 rings (SSSR count). The summed E-state index contributed by atoms with van der Waals surface area (Å²) in [7, 11) is 0. The Hall–Kier alpha value is -3.82. The van der Waals surface area contributed by atoms with Gasteiger partial charge in [-0.1, -0.05) is 6.07 Å². The van der Waals surface area contributed by atoms with Crippen LogP contribution in [0.1, 0.15) is 36.0 Å². The number of aryl methyl sites for hydroxylation is 3. The number of esters is 1. The van der Waals surface area contributed by atoms with E-state index in [-0.39, 0.29) is 17.8 Å². The van der Waals surface area contributed by atoms with Crippen molar-refractivity contribution in [3.63, 3.8) is 0 Å². The molecule has 1 amide bonds. The molecular weight excluding hydrogens is 402 g/mol. The van der Waals surface area contributed by atoms with Gasteiger partial charge in [0.2, 0.25) is 0 Å². The first-order valence-electron chi connectivity index (χ1n) is 9.73. The molecule has 162 valence electrons. The third kappa shape index (κ3) is 5.03. The number of nitro groups is 1. The lowest BCUT2D eigenvalue weighted by Crippen LogP contribution is -2.30. The molecule has 0 fully saturated rings. The second-order valence-electron chi connectivity index (χ2n) is 7.25. The van der Waals surface area contributed by atoms with Gasteiger partial charge >= 0.3 is 5.97 Å². The molecule has 0 saturated carbocycles. The van der Waals surface area contributed by atoms with Crippen LogP contribution in [0.2, 0.25) is 0 Å². The lowest BCUT2D eigenvalue weighted by atomic mass is 10.1. The SMILES string of the molecule is Cc1cc2nc(C)c(CCC(=O)OC(C)C(=O)Nc3cccc([N+](=O)[O-])c3)c(C)n2n1. The number of nitrogens with one attached hydrogen (secondary N) is 1. The monoisotopic (exact) mass is 425 g/mol. The number of fused-ring (bicyclic) bond motifs is 1. The predicted molar refractivity (Wildman–Crippen MR) is 113 cm³/mol. The molecule has 31 heavy (non-hydrogen) atoms. The van der Waals surface area contributed by atoms with E-state index in [4.69, 9.17) is 4.74 Å². The zero-order valence-corrected chi connectivity index (χ0v) is 17.7. The summed E-state index contributed by atoms with van der Waals surface area (Å²) < 4.78 is 6.98. The molecule has 1 N–H and O–H groups in total. The molecule has 0 spiro atoms. The van der Waals surface area contributed by atoms with Crippen LogP contribution in [0.15, 0.2) is 30.3 Å². The van der Waals surface area contributed by atoms with Crippen molar-refractivity contribution < 1.29 is 19.2 Å². The van der Waals surface area contributed by atoms with E-state index in [0.29, 0.717) is 6.42 Å². The fourth-order valence-electron chi connectivity index (χ4n) is 3.28.